The summed E-state index contributed by atoms with van der Waals surface area (Å²) in [6, 6.07) is 9.17. The number of benzene rings is 2. The minimum atomic E-state index is -4.17. The lowest BCUT2D eigenvalue weighted by molar-refractivity contribution is -0.137. The van der Waals surface area contributed by atoms with Crippen molar-refractivity contribution in [2.75, 3.05) is 4.31 Å². The third-order valence-electron chi connectivity index (χ3n) is 3.14. The zero-order valence-electron chi connectivity index (χ0n) is 12.0. The topological polar surface area (TPSA) is 74.7 Å². The largest absolute Gasteiger partial charge is 0.480 e. The van der Waals surface area contributed by atoms with E-state index in [9.17, 15) is 22.7 Å². The second-order valence-corrected chi connectivity index (χ2v) is 7.48. The highest BCUT2D eigenvalue weighted by atomic mass is 79.9. The Labute approximate surface area is 141 Å². The van der Waals surface area contributed by atoms with Gasteiger partial charge in [-0.25, -0.2) is 17.6 Å². The molecule has 0 aromatic heterocycles. The molecule has 0 fully saturated rings. The molecule has 0 heterocycles. The zero-order valence-corrected chi connectivity index (χ0v) is 14.4. The molecule has 122 valence electrons. The van der Waals surface area contributed by atoms with Gasteiger partial charge in [-0.2, -0.15) is 0 Å². The Morgan fingerprint density at radius 3 is 2.35 bits per heavy atom. The predicted octanol–water partition coefficient (Wildman–Crippen LogP) is 3.26. The number of rotatable bonds is 5. The maximum Gasteiger partial charge on any atom is 0.327 e. The van der Waals surface area contributed by atoms with Crippen molar-refractivity contribution < 1.29 is 22.7 Å². The molecule has 1 atom stereocenters. The quantitative estimate of drug-likeness (QED) is 0.833. The highest BCUT2D eigenvalue weighted by molar-refractivity contribution is 9.10. The van der Waals surface area contributed by atoms with Gasteiger partial charge in [-0.1, -0.05) is 22.0 Å². The van der Waals surface area contributed by atoms with Crippen molar-refractivity contribution >= 4 is 37.6 Å². The van der Waals surface area contributed by atoms with Crippen LogP contribution < -0.4 is 4.31 Å². The predicted molar refractivity (Wildman–Crippen MR) is 87.3 cm³/mol. The van der Waals surface area contributed by atoms with Gasteiger partial charge in [-0.15, -0.1) is 0 Å². The molecule has 2 aromatic rings. The summed E-state index contributed by atoms with van der Waals surface area (Å²) < 4.78 is 40.1. The summed E-state index contributed by atoms with van der Waals surface area (Å²) >= 11 is 3.23. The van der Waals surface area contributed by atoms with Crippen LogP contribution in [0.4, 0.5) is 10.1 Å². The fraction of sp³-hybridized carbons (Fsp3) is 0.133. The van der Waals surface area contributed by atoms with Crippen LogP contribution in [-0.2, 0) is 14.8 Å². The molecule has 2 rings (SSSR count). The Bertz CT molecular complexity index is 824. The van der Waals surface area contributed by atoms with Gasteiger partial charge in [0.2, 0.25) is 0 Å². The van der Waals surface area contributed by atoms with E-state index in [1.54, 1.807) is 12.1 Å². The zero-order chi connectivity index (χ0) is 17.2. The number of carboxylic acids is 1. The number of sulfonamides is 1. The van der Waals surface area contributed by atoms with Crippen LogP contribution in [0.2, 0.25) is 0 Å². The summed E-state index contributed by atoms with van der Waals surface area (Å²) in [4.78, 5) is 11.2. The average Bonchev–Trinajstić information content (AvgIpc) is 2.47. The van der Waals surface area contributed by atoms with Crippen LogP contribution in [-0.4, -0.2) is 25.5 Å². The van der Waals surface area contributed by atoms with Crippen LogP contribution in [0.15, 0.2) is 57.9 Å². The first-order valence-corrected chi connectivity index (χ1v) is 8.75. The van der Waals surface area contributed by atoms with Crippen LogP contribution in [0.5, 0.6) is 0 Å². The molecule has 0 radical (unpaired) electrons. The molecular weight excluding hydrogens is 389 g/mol. The lowest BCUT2D eigenvalue weighted by atomic mass is 10.2. The fourth-order valence-electron chi connectivity index (χ4n) is 2.00. The molecule has 1 unspecified atom stereocenters. The number of carbonyl (C=O) groups is 1. The van der Waals surface area contributed by atoms with E-state index in [4.69, 9.17) is 0 Å². The normalized spacial score (nSPS) is 12.7. The Hall–Kier alpha value is -1.93. The monoisotopic (exact) mass is 401 g/mol. The van der Waals surface area contributed by atoms with Gasteiger partial charge < -0.3 is 5.11 Å². The van der Waals surface area contributed by atoms with Gasteiger partial charge in [0.15, 0.2) is 0 Å². The number of anilines is 1. The minimum Gasteiger partial charge on any atom is -0.480 e. The molecule has 0 amide bonds. The van der Waals surface area contributed by atoms with Crippen LogP contribution in [0.25, 0.3) is 0 Å². The van der Waals surface area contributed by atoms with Crippen LogP contribution in [0.3, 0.4) is 0 Å². The molecule has 2 aromatic carbocycles. The molecule has 0 aliphatic heterocycles. The van der Waals surface area contributed by atoms with Gasteiger partial charge in [0.05, 0.1) is 10.6 Å². The summed E-state index contributed by atoms with van der Waals surface area (Å²) in [5.74, 6) is -1.88. The summed E-state index contributed by atoms with van der Waals surface area (Å²) in [6.07, 6.45) is 0. The van der Waals surface area contributed by atoms with Crippen LogP contribution in [0.1, 0.15) is 6.92 Å². The molecule has 1 N–H and O–H groups in total. The van der Waals surface area contributed by atoms with Gasteiger partial charge in [-0.05, 0) is 49.4 Å². The summed E-state index contributed by atoms with van der Waals surface area (Å²) in [7, 11) is -4.17. The van der Waals surface area contributed by atoms with Crippen molar-refractivity contribution in [3.05, 3.63) is 58.8 Å². The van der Waals surface area contributed by atoms with Gasteiger partial charge in [0.25, 0.3) is 10.0 Å². The van der Waals surface area contributed by atoms with E-state index < -0.39 is 27.9 Å². The van der Waals surface area contributed by atoms with Gasteiger partial charge in [0, 0.05) is 4.47 Å². The van der Waals surface area contributed by atoms with Crippen molar-refractivity contribution in [1.29, 1.82) is 0 Å². The van der Waals surface area contributed by atoms with Gasteiger partial charge in [0.1, 0.15) is 11.9 Å². The van der Waals surface area contributed by atoms with E-state index in [2.05, 4.69) is 15.9 Å². The molecule has 5 nitrogen and oxygen atoms in total. The number of nitrogens with zero attached hydrogens (tertiary/aromatic N) is 1. The number of hydrogen-bond acceptors (Lipinski definition) is 3. The first-order chi connectivity index (χ1) is 10.7. The third-order valence-corrected chi connectivity index (χ3v) is 5.55. The summed E-state index contributed by atoms with van der Waals surface area (Å²) in [5.41, 5.74) is 0.193. The molecule has 0 spiro atoms. The number of hydrogen-bond donors (Lipinski definition) is 1. The Morgan fingerprint density at radius 1 is 1.22 bits per heavy atom. The van der Waals surface area contributed by atoms with Gasteiger partial charge >= 0.3 is 5.97 Å². The Morgan fingerprint density at radius 2 is 1.83 bits per heavy atom. The lowest BCUT2D eigenvalue weighted by Crippen LogP contribution is -2.43. The molecule has 0 bridgehead atoms. The van der Waals surface area contributed by atoms with E-state index in [1.165, 1.54) is 19.1 Å². The maximum absolute atomic E-state index is 13.0. The molecular formula is C15H13BrFNO4S. The van der Waals surface area contributed by atoms with E-state index in [0.717, 1.165) is 28.6 Å². The SMILES string of the molecule is CC(C(=O)O)N(c1cccc(Br)c1)S(=O)(=O)c1ccc(F)cc1. The first-order valence-electron chi connectivity index (χ1n) is 6.52. The third kappa shape index (κ3) is 3.70. The van der Waals surface area contributed by atoms with E-state index >= 15 is 0 Å². The van der Waals surface area contributed by atoms with Crippen molar-refractivity contribution in [1.82, 2.24) is 0 Å². The second kappa shape index (κ2) is 6.67. The lowest BCUT2D eigenvalue weighted by Gasteiger charge is -2.28. The second-order valence-electron chi connectivity index (χ2n) is 4.75. The van der Waals surface area contributed by atoms with Crippen molar-refractivity contribution in [2.24, 2.45) is 0 Å². The van der Waals surface area contributed by atoms with Crippen LogP contribution >= 0.6 is 15.9 Å². The molecule has 0 saturated carbocycles. The molecule has 23 heavy (non-hydrogen) atoms. The molecule has 0 saturated heterocycles. The highest BCUT2D eigenvalue weighted by Crippen LogP contribution is 2.28. The Balaban J connectivity index is 2.61. The van der Waals surface area contributed by atoms with Crippen molar-refractivity contribution in [3.8, 4) is 0 Å². The molecule has 8 heteroatoms. The van der Waals surface area contributed by atoms with Crippen molar-refractivity contribution in [3.63, 3.8) is 0 Å². The van der Waals surface area contributed by atoms with E-state index in [-0.39, 0.29) is 10.6 Å². The fourth-order valence-corrected chi connectivity index (χ4v) is 4.00. The standard InChI is InChI=1S/C15H13BrFNO4S/c1-10(15(19)20)18(13-4-2-3-11(16)9-13)23(21,22)14-7-5-12(17)6-8-14/h2-10H,1H3,(H,19,20). The first kappa shape index (κ1) is 17.4. The minimum absolute atomic E-state index is 0.188. The van der Waals surface area contributed by atoms with Crippen LogP contribution in [0, 0.1) is 5.82 Å². The van der Waals surface area contributed by atoms with Crippen molar-refractivity contribution in [2.45, 2.75) is 17.9 Å². The maximum atomic E-state index is 13.0. The average molecular weight is 402 g/mol. The number of aliphatic carboxylic acids is 1. The molecule has 0 aliphatic rings. The summed E-state index contributed by atoms with van der Waals surface area (Å²) in [5, 5.41) is 9.26. The van der Waals surface area contributed by atoms with E-state index in [1.807, 2.05) is 0 Å². The number of carboxylic acid groups (broad SMARTS) is 1. The highest BCUT2D eigenvalue weighted by Gasteiger charge is 2.33. The number of halogens is 2. The van der Waals surface area contributed by atoms with Gasteiger partial charge in [-0.3, -0.25) is 4.31 Å². The summed E-state index contributed by atoms with van der Waals surface area (Å²) in [6.45, 7) is 1.27. The molecule has 0 aliphatic carbocycles. The Kier molecular flexibility index (Phi) is 5.06. The smallest absolute Gasteiger partial charge is 0.327 e. The van der Waals surface area contributed by atoms with E-state index in [0.29, 0.717) is 4.47 Å².